The summed E-state index contributed by atoms with van der Waals surface area (Å²) in [6.45, 7) is 0.649. The van der Waals surface area contributed by atoms with Gasteiger partial charge in [-0.1, -0.05) is 12.1 Å². The number of hydrogen-bond acceptors (Lipinski definition) is 4. The summed E-state index contributed by atoms with van der Waals surface area (Å²) in [5.74, 6) is -0.321. The van der Waals surface area contributed by atoms with Crippen molar-refractivity contribution in [3.05, 3.63) is 47.8 Å². The second-order valence-electron chi connectivity index (χ2n) is 5.14. The van der Waals surface area contributed by atoms with Crippen LogP contribution in [0.15, 0.2) is 41.3 Å². The van der Waals surface area contributed by atoms with Gasteiger partial charge in [0.2, 0.25) is 0 Å². The Hall–Kier alpha value is -2.08. The molecule has 0 amide bonds. The largest absolute Gasteiger partial charge is 0.396 e. The van der Waals surface area contributed by atoms with E-state index < -0.39 is 9.84 Å². The molecule has 0 saturated carbocycles. The molecule has 0 fully saturated rings. The molecule has 2 aromatic carbocycles. The Morgan fingerprint density at radius 2 is 1.95 bits per heavy atom. The quantitative estimate of drug-likeness (QED) is 0.866. The maximum absolute atomic E-state index is 13.5. The zero-order chi connectivity index (χ0) is 15.2. The van der Waals surface area contributed by atoms with Gasteiger partial charge in [-0.3, -0.25) is 0 Å². The number of nitrogens with two attached hydrogens (primary N) is 1. The number of nitrogens with zero attached hydrogens (tertiary/aromatic N) is 1. The van der Waals surface area contributed by atoms with E-state index in [2.05, 4.69) is 0 Å². The van der Waals surface area contributed by atoms with Gasteiger partial charge in [0.25, 0.3) is 0 Å². The third-order valence-electron chi connectivity index (χ3n) is 3.68. The van der Waals surface area contributed by atoms with Gasteiger partial charge in [0.1, 0.15) is 5.82 Å². The molecule has 4 nitrogen and oxygen atoms in total. The lowest BCUT2D eigenvalue weighted by Crippen LogP contribution is -2.16. The Morgan fingerprint density at radius 3 is 2.67 bits per heavy atom. The second-order valence-corrected chi connectivity index (χ2v) is 7.12. The highest BCUT2D eigenvalue weighted by atomic mass is 32.2. The number of rotatable bonds is 2. The topological polar surface area (TPSA) is 63.4 Å². The van der Waals surface area contributed by atoms with E-state index in [4.69, 9.17) is 5.73 Å². The van der Waals surface area contributed by atoms with E-state index in [1.165, 1.54) is 18.2 Å². The highest BCUT2D eigenvalue weighted by molar-refractivity contribution is 7.90. The minimum atomic E-state index is -3.40. The van der Waals surface area contributed by atoms with Crippen molar-refractivity contribution in [2.24, 2.45) is 0 Å². The Labute approximate surface area is 122 Å². The summed E-state index contributed by atoms with van der Waals surface area (Å²) in [6.07, 6.45) is 1.90. The van der Waals surface area contributed by atoms with Crippen LogP contribution in [0.2, 0.25) is 0 Å². The van der Waals surface area contributed by atoms with E-state index in [0.717, 1.165) is 23.9 Å². The molecule has 0 aromatic heterocycles. The fourth-order valence-electron chi connectivity index (χ4n) is 2.69. The van der Waals surface area contributed by atoms with Gasteiger partial charge in [0.15, 0.2) is 9.84 Å². The lowest BCUT2D eigenvalue weighted by Gasteiger charge is -2.22. The Balaban J connectivity index is 2.15. The minimum absolute atomic E-state index is 0.102. The first-order valence-electron chi connectivity index (χ1n) is 6.52. The Morgan fingerprint density at radius 1 is 1.19 bits per heavy atom. The van der Waals surface area contributed by atoms with E-state index >= 15 is 0 Å². The average Bonchev–Trinajstić information content (AvgIpc) is 2.80. The van der Waals surface area contributed by atoms with Crippen LogP contribution >= 0.6 is 0 Å². The predicted molar refractivity (Wildman–Crippen MR) is 81.1 cm³/mol. The minimum Gasteiger partial charge on any atom is -0.396 e. The first-order valence-corrected chi connectivity index (χ1v) is 8.41. The molecule has 0 aliphatic carbocycles. The summed E-state index contributed by atoms with van der Waals surface area (Å²) in [6, 6.07) is 9.52. The van der Waals surface area contributed by atoms with E-state index in [-0.39, 0.29) is 16.4 Å². The third kappa shape index (κ3) is 2.35. The molecule has 1 heterocycles. The molecule has 21 heavy (non-hydrogen) atoms. The van der Waals surface area contributed by atoms with Crippen LogP contribution < -0.4 is 10.6 Å². The highest BCUT2D eigenvalue weighted by Gasteiger charge is 2.24. The van der Waals surface area contributed by atoms with Crippen molar-refractivity contribution in [2.45, 2.75) is 11.3 Å². The summed E-state index contributed by atoms with van der Waals surface area (Å²) in [4.78, 5) is 1.97. The molecule has 2 aromatic rings. The summed E-state index contributed by atoms with van der Waals surface area (Å²) in [5, 5.41) is 0. The number of para-hydroxylation sites is 1. The lowest BCUT2D eigenvalue weighted by atomic mass is 10.1. The average molecular weight is 306 g/mol. The van der Waals surface area contributed by atoms with E-state index in [9.17, 15) is 12.8 Å². The zero-order valence-electron chi connectivity index (χ0n) is 11.5. The van der Waals surface area contributed by atoms with Gasteiger partial charge in [-0.25, -0.2) is 12.8 Å². The van der Waals surface area contributed by atoms with Crippen molar-refractivity contribution >= 4 is 26.9 Å². The molecule has 1 aliphatic rings. The molecule has 110 valence electrons. The summed E-state index contributed by atoms with van der Waals surface area (Å²) < 4.78 is 37.0. The molecule has 3 rings (SSSR count). The van der Waals surface area contributed by atoms with Crippen molar-refractivity contribution in [2.75, 3.05) is 23.4 Å². The van der Waals surface area contributed by atoms with E-state index in [1.54, 1.807) is 18.2 Å². The fraction of sp³-hybridized carbons (Fsp3) is 0.200. The summed E-state index contributed by atoms with van der Waals surface area (Å²) >= 11 is 0. The number of anilines is 3. The predicted octanol–water partition coefficient (Wildman–Crippen LogP) is 2.51. The van der Waals surface area contributed by atoms with Gasteiger partial charge in [-0.05, 0) is 36.2 Å². The van der Waals surface area contributed by atoms with Crippen molar-refractivity contribution < 1.29 is 12.8 Å². The molecule has 1 aliphatic heterocycles. The molecule has 0 atom stereocenters. The van der Waals surface area contributed by atoms with Crippen LogP contribution in [0.4, 0.5) is 21.5 Å². The molecule has 2 N–H and O–H groups in total. The van der Waals surface area contributed by atoms with Gasteiger partial charge >= 0.3 is 0 Å². The van der Waals surface area contributed by atoms with Crippen molar-refractivity contribution in [1.29, 1.82) is 0 Å². The first-order chi connectivity index (χ1) is 9.88. The molecule has 0 unspecified atom stereocenters. The van der Waals surface area contributed by atoms with Gasteiger partial charge < -0.3 is 10.6 Å². The number of sulfone groups is 1. The Bertz CT molecular complexity index is 818. The van der Waals surface area contributed by atoms with Gasteiger partial charge in [-0.2, -0.15) is 0 Å². The molecule has 0 bridgehead atoms. The normalized spacial score (nSPS) is 14.3. The lowest BCUT2D eigenvalue weighted by molar-refractivity contribution is 0.602. The van der Waals surface area contributed by atoms with Crippen LogP contribution in [0, 0.1) is 5.82 Å². The van der Waals surface area contributed by atoms with E-state index in [0.29, 0.717) is 12.2 Å². The fourth-order valence-corrected chi connectivity index (χ4v) is 3.52. The van der Waals surface area contributed by atoms with Gasteiger partial charge in [-0.15, -0.1) is 0 Å². The van der Waals surface area contributed by atoms with Crippen LogP contribution in [0.5, 0.6) is 0 Å². The number of benzene rings is 2. The first kappa shape index (κ1) is 13.9. The van der Waals surface area contributed by atoms with Crippen LogP contribution in [-0.4, -0.2) is 21.2 Å². The highest BCUT2D eigenvalue weighted by Crippen LogP contribution is 2.39. The van der Waals surface area contributed by atoms with Crippen LogP contribution in [0.3, 0.4) is 0 Å². The number of nitrogen functional groups attached to an aromatic ring is 1. The smallest absolute Gasteiger partial charge is 0.177 e. The second kappa shape index (κ2) is 4.73. The van der Waals surface area contributed by atoms with Crippen LogP contribution in [-0.2, 0) is 16.3 Å². The monoisotopic (exact) mass is 306 g/mol. The van der Waals surface area contributed by atoms with Crippen LogP contribution in [0.1, 0.15) is 5.56 Å². The maximum Gasteiger partial charge on any atom is 0.177 e. The number of halogens is 1. The zero-order valence-corrected chi connectivity index (χ0v) is 12.3. The molecular formula is C15H15FN2O2S. The Kier molecular flexibility index (Phi) is 3.13. The van der Waals surface area contributed by atoms with Crippen LogP contribution in [0.25, 0.3) is 0 Å². The van der Waals surface area contributed by atoms with E-state index in [1.807, 2.05) is 4.90 Å². The SMILES string of the molecule is CS(=O)(=O)c1cccc(N2CCc3ccc(F)cc32)c1N. The van der Waals surface area contributed by atoms with Crippen molar-refractivity contribution in [3.8, 4) is 0 Å². The standard InChI is InChI=1S/C15H15FN2O2S/c1-21(19,20)14-4-2-3-12(15(14)17)18-8-7-10-5-6-11(16)9-13(10)18/h2-6,9H,7-8,17H2,1H3. The van der Waals surface area contributed by atoms with Crippen molar-refractivity contribution in [1.82, 2.24) is 0 Å². The molecule has 6 heteroatoms. The summed E-state index contributed by atoms with van der Waals surface area (Å²) in [5.41, 5.74) is 8.61. The third-order valence-corrected chi connectivity index (χ3v) is 4.83. The maximum atomic E-state index is 13.5. The van der Waals surface area contributed by atoms with Gasteiger partial charge in [0.05, 0.1) is 16.3 Å². The summed E-state index contributed by atoms with van der Waals surface area (Å²) in [7, 11) is -3.40. The molecule has 0 spiro atoms. The molecule has 0 saturated heterocycles. The van der Waals surface area contributed by atoms with Crippen molar-refractivity contribution in [3.63, 3.8) is 0 Å². The number of fused-ring (bicyclic) bond motifs is 1. The number of hydrogen-bond donors (Lipinski definition) is 1. The van der Waals surface area contributed by atoms with Gasteiger partial charge in [0, 0.05) is 18.5 Å². The molecular weight excluding hydrogens is 291 g/mol. The molecule has 0 radical (unpaired) electrons.